The summed E-state index contributed by atoms with van der Waals surface area (Å²) in [6.07, 6.45) is 49.4. The molecule has 0 spiro atoms. The quantitative estimate of drug-likeness (QED) is 0.0345. The van der Waals surface area contributed by atoms with Gasteiger partial charge in [-0.25, -0.2) is 0 Å². The predicted octanol–water partition coefficient (Wildman–Crippen LogP) is 17.1. The number of rotatable bonds is 48. The van der Waals surface area contributed by atoms with Crippen molar-refractivity contribution >= 4 is 17.9 Å². The van der Waals surface area contributed by atoms with E-state index in [0.717, 1.165) is 63.7 Å². The minimum atomic E-state index is -0.760. The zero-order chi connectivity index (χ0) is 43.1. The van der Waals surface area contributed by atoms with Gasteiger partial charge in [-0.2, -0.15) is 0 Å². The summed E-state index contributed by atoms with van der Waals surface area (Å²) in [5.41, 5.74) is 0. The summed E-state index contributed by atoms with van der Waals surface area (Å²) >= 11 is 0. The molecule has 0 aliphatic carbocycles. The van der Waals surface area contributed by atoms with Crippen molar-refractivity contribution in [3.05, 3.63) is 0 Å². The molecule has 0 saturated carbocycles. The van der Waals surface area contributed by atoms with Crippen LogP contribution in [-0.4, -0.2) is 37.2 Å². The lowest BCUT2D eigenvalue weighted by molar-refractivity contribution is -0.167. The number of esters is 3. The number of carbonyl (C=O) groups excluding carboxylic acids is 3. The van der Waals surface area contributed by atoms with Gasteiger partial charge in [0.2, 0.25) is 0 Å². The van der Waals surface area contributed by atoms with Crippen molar-refractivity contribution < 1.29 is 28.6 Å². The first-order valence-corrected chi connectivity index (χ1v) is 26.4. The predicted molar refractivity (Wildman–Crippen MR) is 252 cm³/mol. The fourth-order valence-corrected chi connectivity index (χ4v) is 8.04. The van der Waals surface area contributed by atoms with Gasteiger partial charge in [0.25, 0.3) is 0 Å². The number of hydrogen-bond acceptors (Lipinski definition) is 6. The molecular formula is C53H102O6. The molecule has 59 heavy (non-hydrogen) atoms. The Labute approximate surface area is 368 Å². The highest BCUT2D eigenvalue weighted by Gasteiger charge is 2.19. The molecule has 0 aliphatic rings. The van der Waals surface area contributed by atoms with Crippen molar-refractivity contribution in [2.45, 2.75) is 303 Å². The van der Waals surface area contributed by atoms with Crippen LogP contribution < -0.4 is 0 Å². The average Bonchev–Trinajstić information content (AvgIpc) is 3.22. The zero-order valence-electron chi connectivity index (χ0n) is 40.2. The van der Waals surface area contributed by atoms with E-state index in [0.29, 0.717) is 19.3 Å². The standard InChI is InChI=1S/C53H102O6/c1-5-7-9-11-13-15-17-18-22-26-30-34-38-42-46-53(56)59-50(47-57-51(54)44-40-36-32-28-16-14-12-10-8-6-2)48-58-52(55)45-41-37-33-29-25-23-20-19-21-24-27-31-35-39-43-49(3)4/h49-50H,5-48H2,1-4H3/t50-/m0/s1. The molecule has 0 aromatic carbocycles. The second-order valence-electron chi connectivity index (χ2n) is 18.6. The molecule has 1 atom stereocenters. The fraction of sp³-hybridized carbons (Fsp3) is 0.943. The van der Waals surface area contributed by atoms with Gasteiger partial charge in [0.15, 0.2) is 6.10 Å². The molecule has 0 saturated heterocycles. The van der Waals surface area contributed by atoms with Crippen molar-refractivity contribution in [1.29, 1.82) is 0 Å². The van der Waals surface area contributed by atoms with Gasteiger partial charge in [-0.1, -0.05) is 259 Å². The van der Waals surface area contributed by atoms with Crippen LogP contribution in [0.25, 0.3) is 0 Å². The third kappa shape index (κ3) is 47.3. The number of unbranched alkanes of at least 4 members (excludes halogenated alkanes) is 35. The van der Waals surface area contributed by atoms with Crippen molar-refractivity contribution in [3.63, 3.8) is 0 Å². The molecule has 0 aromatic rings. The minimum absolute atomic E-state index is 0.0625. The number of hydrogen-bond donors (Lipinski definition) is 0. The van der Waals surface area contributed by atoms with Gasteiger partial charge in [-0.15, -0.1) is 0 Å². The Morgan fingerprint density at radius 2 is 0.559 bits per heavy atom. The summed E-state index contributed by atoms with van der Waals surface area (Å²) in [7, 11) is 0. The van der Waals surface area contributed by atoms with Gasteiger partial charge in [-0.3, -0.25) is 14.4 Å². The Morgan fingerprint density at radius 1 is 0.322 bits per heavy atom. The number of ether oxygens (including phenoxy) is 3. The van der Waals surface area contributed by atoms with Crippen LogP contribution in [0.2, 0.25) is 0 Å². The monoisotopic (exact) mass is 835 g/mol. The van der Waals surface area contributed by atoms with Crippen molar-refractivity contribution in [2.24, 2.45) is 5.92 Å². The Morgan fingerprint density at radius 3 is 0.831 bits per heavy atom. The molecule has 0 fully saturated rings. The molecule has 6 heteroatoms. The van der Waals surface area contributed by atoms with Gasteiger partial charge in [-0.05, 0) is 25.2 Å². The van der Waals surface area contributed by atoms with Gasteiger partial charge in [0.05, 0.1) is 0 Å². The van der Waals surface area contributed by atoms with Crippen LogP contribution in [-0.2, 0) is 28.6 Å². The molecule has 0 rings (SSSR count). The highest BCUT2D eigenvalue weighted by atomic mass is 16.6. The molecule has 0 radical (unpaired) electrons. The molecule has 6 nitrogen and oxygen atoms in total. The molecule has 0 N–H and O–H groups in total. The highest BCUT2D eigenvalue weighted by Crippen LogP contribution is 2.17. The van der Waals surface area contributed by atoms with Crippen LogP contribution in [0.5, 0.6) is 0 Å². The first kappa shape index (κ1) is 57.4. The van der Waals surface area contributed by atoms with E-state index in [1.54, 1.807) is 0 Å². The molecule has 0 aromatic heterocycles. The van der Waals surface area contributed by atoms with E-state index in [1.165, 1.54) is 193 Å². The SMILES string of the molecule is CCCCCCCCCCCCCCCCC(=O)O[C@@H](COC(=O)CCCCCCCCCCCC)COC(=O)CCCCCCCCCCCCCCCCC(C)C. The highest BCUT2D eigenvalue weighted by molar-refractivity contribution is 5.71. The van der Waals surface area contributed by atoms with Gasteiger partial charge in [0, 0.05) is 19.3 Å². The van der Waals surface area contributed by atoms with E-state index in [9.17, 15) is 14.4 Å². The van der Waals surface area contributed by atoms with Gasteiger partial charge in [0.1, 0.15) is 13.2 Å². The zero-order valence-corrected chi connectivity index (χ0v) is 40.2. The largest absolute Gasteiger partial charge is 0.462 e. The normalized spacial score (nSPS) is 11.9. The molecule has 350 valence electrons. The third-order valence-corrected chi connectivity index (χ3v) is 12.0. The van der Waals surface area contributed by atoms with E-state index in [-0.39, 0.29) is 31.1 Å². The first-order chi connectivity index (χ1) is 28.9. The molecule has 0 unspecified atom stereocenters. The maximum absolute atomic E-state index is 12.8. The summed E-state index contributed by atoms with van der Waals surface area (Å²) in [4.78, 5) is 37.9. The van der Waals surface area contributed by atoms with E-state index in [1.807, 2.05) is 0 Å². The lowest BCUT2D eigenvalue weighted by atomic mass is 10.0. The van der Waals surface area contributed by atoms with E-state index in [4.69, 9.17) is 14.2 Å². The van der Waals surface area contributed by atoms with Crippen molar-refractivity contribution in [1.82, 2.24) is 0 Å². The maximum Gasteiger partial charge on any atom is 0.306 e. The lowest BCUT2D eigenvalue weighted by Gasteiger charge is -2.18. The maximum atomic E-state index is 12.8. The first-order valence-electron chi connectivity index (χ1n) is 26.4. The van der Waals surface area contributed by atoms with Crippen LogP contribution in [0.3, 0.4) is 0 Å². The topological polar surface area (TPSA) is 78.9 Å². The van der Waals surface area contributed by atoms with Crippen molar-refractivity contribution in [3.8, 4) is 0 Å². The van der Waals surface area contributed by atoms with Crippen LogP contribution in [0.15, 0.2) is 0 Å². The third-order valence-electron chi connectivity index (χ3n) is 12.0. The summed E-state index contributed by atoms with van der Waals surface area (Å²) < 4.78 is 16.8. The van der Waals surface area contributed by atoms with Crippen LogP contribution in [0.4, 0.5) is 0 Å². The van der Waals surface area contributed by atoms with E-state index in [2.05, 4.69) is 27.7 Å². The Hall–Kier alpha value is -1.59. The molecular weight excluding hydrogens is 733 g/mol. The Bertz CT molecular complexity index is 887. The average molecular weight is 835 g/mol. The molecule has 0 heterocycles. The summed E-state index contributed by atoms with van der Waals surface area (Å²) in [5, 5.41) is 0. The summed E-state index contributed by atoms with van der Waals surface area (Å²) in [6, 6.07) is 0. The molecule has 0 bridgehead atoms. The van der Waals surface area contributed by atoms with Gasteiger partial charge >= 0.3 is 17.9 Å². The van der Waals surface area contributed by atoms with E-state index >= 15 is 0 Å². The van der Waals surface area contributed by atoms with E-state index < -0.39 is 6.10 Å². The number of carbonyl (C=O) groups is 3. The Balaban J connectivity index is 4.26. The van der Waals surface area contributed by atoms with Crippen LogP contribution >= 0.6 is 0 Å². The fourth-order valence-electron chi connectivity index (χ4n) is 8.04. The Kier molecular flexibility index (Phi) is 46.2. The second kappa shape index (κ2) is 47.5. The lowest BCUT2D eigenvalue weighted by Crippen LogP contribution is -2.30. The summed E-state index contributed by atoms with van der Waals surface area (Å²) in [5.74, 6) is 0.00117. The molecule has 0 aliphatic heterocycles. The minimum Gasteiger partial charge on any atom is -0.462 e. The summed E-state index contributed by atoms with van der Waals surface area (Å²) in [6.45, 7) is 9.03. The second-order valence-corrected chi connectivity index (χ2v) is 18.6. The van der Waals surface area contributed by atoms with Crippen molar-refractivity contribution in [2.75, 3.05) is 13.2 Å². The smallest absolute Gasteiger partial charge is 0.306 e. The molecule has 0 amide bonds. The van der Waals surface area contributed by atoms with Crippen LogP contribution in [0.1, 0.15) is 297 Å². The van der Waals surface area contributed by atoms with Gasteiger partial charge < -0.3 is 14.2 Å². The van der Waals surface area contributed by atoms with Crippen LogP contribution in [0, 0.1) is 5.92 Å².